The lowest BCUT2D eigenvalue weighted by molar-refractivity contribution is 0.333. The molecule has 2 atom stereocenters. The van der Waals surface area contributed by atoms with Gasteiger partial charge >= 0.3 is 0 Å². The molecule has 0 heterocycles. The molecule has 2 rings (SSSR count). The first-order valence-electron chi connectivity index (χ1n) is 7.40. The van der Waals surface area contributed by atoms with Crippen molar-refractivity contribution < 1.29 is 8.78 Å². The molecule has 1 saturated carbocycles. The number of hydrogen-bond donors (Lipinski definition) is 1. The SMILES string of the molecule is CCCNC(Cc1c(F)ccc(Br)c1F)C(C)C1CC1. The molecule has 4 heteroatoms. The van der Waals surface area contributed by atoms with Crippen LogP contribution in [-0.4, -0.2) is 12.6 Å². The van der Waals surface area contributed by atoms with Crippen molar-refractivity contribution >= 4 is 15.9 Å². The third-order valence-corrected chi connectivity index (χ3v) is 4.83. The molecule has 0 radical (unpaired) electrons. The summed E-state index contributed by atoms with van der Waals surface area (Å²) in [6.07, 6.45) is 3.93. The zero-order valence-corrected chi connectivity index (χ0v) is 13.6. The van der Waals surface area contributed by atoms with E-state index in [1.165, 1.54) is 25.0 Å². The van der Waals surface area contributed by atoms with Crippen LogP contribution in [0, 0.1) is 23.5 Å². The van der Waals surface area contributed by atoms with E-state index < -0.39 is 11.6 Å². The van der Waals surface area contributed by atoms with Crippen molar-refractivity contribution in [1.29, 1.82) is 0 Å². The Labute approximate surface area is 128 Å². The highest BCUT2D eigenvalue weighted by Crippen LogP contribution is 2.39. The lowest BCUT2D eigenvalue weighted by Gasteiger charge is -2.26. The highest BCUT2D eigenvalue weighted by Gasteiger charge is 2.33. The van der Waals surface area contributed by atoms with E-state index in [9.17, 15) is 8.78 Å². The molecule has 0 spiro atoms. The Morgan fingerprint density at radius 3 is 2.65 bits per heavy atom. The van der Waals surface area contributed by atoms with Gasteiger partial charge in [-0.2, -0.15) is 0 Å². The topological polar surface area (TPSA) is 12.0 Å². The summed E-state index contributed by atoms with van der Waals surface area (Å²) >= 11 is 3.14. The quantitative estimate of drug-likeness (QED) is 0.707. The van der Waals surface area contributed by atoms with Crippen LogP contribution in [0.25, 0.3) is 0 Å². The van der Waals surface area contributed by atoms with Crippen LogP contribution in [0.3, 0.4) is 0 Å². The highest BCUT2D eigenvalue weighted by molar-refractivity contribution is 9.10. The van der Waals surface area contributed by atoms with Crippen LogP contribution in [0.5, 0.6) is 0 Å². The smallest absolute Gasteiger partial charge is 0.143 e. The van der Waals surface area contributed by atoms with Gasteiger partial charge in [0.1, 0.15) is 11.6 Å². The summed E-state index contributed by atoms with van der Waals surface area (Å²) in [6, 6.07) is 2.90. The lowest BCUT2D eigenvalue weighted by atomic mass is 9.90. The van der Waals surface area contributed by atoms with Crippen LogP contribution in [0.15, 0.2) is 16.6 Å². The van der Waals surface area contributed by atoms with Gasteiger partial charge in [-0.05, 0) is 72.1 Å². The van der Waals surface area contributed by atoms with E-state index in [4.69, 9.17) is 0 Å². The summed E-state index contributed by atoms with van der Waals surface area (Å²) in [5, 5.41) is 3.46. The molecule has 1 aromatic rings. The number of hydrogen-bond acceptors (Lipinski definition) is 1. The maximum Gasteiger partial charge on any atom is 0.143 e. The summed E-state index contributed by atoms with van der Waals surface area (Å²) in [6.45, 7) is 5.18. The second-order valence-corrected chi connectivity index (χ2v) is 6.64. The van der Waals surface area contributed by atoms with Crippen LogP contribution in [0.1, 0.15) is 38.7 Å². The van der Waals surface area contributed by atoms with E-state index in [-0.39, 0.29) is 11.6 Å². The molecule has 2 unspecified atom stereocenters. The molecule has 1 aromatic carbocycles. The van der Waals surface area contributed by atoms with Gasteiger partial charge in [0.2, 0.25) is 0 Å². The van der Waals surface area contributed by atoms with Gasteiger partial charge in [0.15, 0.2) is 0 Å². The van der Waals surface area contributed by atoms with E-state index in [0.717, 1.165) is 13.0 Å². The first-order valence-corrected chi connectivity index (χ1v) is 8.19. The lowest BCUT2D eigenvalue weighted by Crippen LogP contribution is -2.38. The summed E-state index contributed by atoms with van der Waals surface area (Å²) < 4.78 is 28.4. The Bertz CT molecular complexity index is 460. The molecule has 0 amide bonds. The first kappa shape index (κ1) is 15.9. The van der Waals surface area contributed by atoms with Crippen molar-refractivity contribution in [2.24, 2.45) is 11.8 Å². The zero-order chi connectivity index (χ0) is 14.7. The summed E-state index contributed by atoms with van der Waals surface area (Å²) in [5.74, 6) is 0.259. The number of nitrogens with one attached hydrogen (secondary N) is 1. The van der Waals surface area contributed by atoms with Crippen molar-refractivity contribution in [2.45, 2.75) is 45.6 Å². The maximum absolute atomic E-state index is 14.1. The fourth-order valence-electron chi connectivity index (χ4n) is 2.70. The van der Waals surface area contributed by atoms with Crippen LogP contribution >= 0.6 is 15.9 Å². The Hall–Kier alpha value is -0.480. The van der Waals surface area contributed by atoms with Gasteiger partial charge < -0.3 is 5.32 Å². The van der Waals surface area contributed by atoms with Crippen molar-refractivity contribution in [3.63, 3.8) is 0 Å². The molecule has 112 valence electrons. The standard InChI is InChI=1S/C16H22BrF2N/c1-3-8-20-15(10(2)11-4-5-11)9-12-14(18)7-6-13(17)16(12)19/h6-7,10-11,15,20H,3-5,8-9H2,1-2H3. The van der Waals surface area contributed by atoms with E-state index in [1.54, 1.807) is 0 Å². The molecule has 0 bridgehead atoms. The summed E-state index contributed by atoms with van der Waals surface area (Å²) in [7, 11) is 0. The number of benzene rings is 1. The van der Waals surface area contributed by atoms with Crippen molar-refractivity contribution in [3.8, 4) is 0 Å². The third kappa shape index (κ3) is 3.79. The van der Waals surface area contributed by atoms with Gasteiger partial charge in [-0.25, -0.2) is 8.78 Å². The van der Waals surface area contributed by atoms with Gasteiger partial charge in [0, 0.05) is 11.6 Å². The van der Waals surface area contributed by atoms with Gasteiger partial charge in [-0.1, -0.05) is 13.8 Å². The molecular weight excluding hydrogens is 324 g/mol. The van der Waals surface area contributed by atoms with E-state index in [1.807, 2.05) is 0 Å². The van der Waals surface area contributed by atoms with Gasteiger partial charge in [-0.3, -0.25) is 0 Å². The van der Waals surface area contributed by atoms with Gasteiger partial charge in [-0.15, -0.1) is 0 Å². The minimum atomic E-state index is -0.462. The van der Waals surface area contributed by atoms with Crippen LogP contribution in [-0.2, 0) is 6.42 Å². The fourth-order valence-corrected chi connectivity index (χ4v) is 3.07. The Kier molecular flexibility index (Phi) is 5.56. The Morgan fingerprint density at radius 2 is 2.05 bits per heavy atom. The van der Waals surface area contributed by atoms with Crippen LogP contribution < -0.4 is 5.32 Å². The summed E-state index contributed by atoms with van der Waals surface area (Å²) in [5.41, 5.74) is 0.195. The Balaban J connectivity index is 2.16. The minimum Gasteiger partial charge on any atom is -0.313 e. The molecule has 1 aliphatic carbocycles. The average Bonchev–Trinajstić information content (AvgIpc) is 3.26. The number of halogens is 3. The highest BCUT2D eigenvalue weighted by atomic mass is 79.9. The van der Waals surface area contributed by atoms with Crippen molar-refractivity contribution in [3.05, 3.63) is 33.8 Å². The minimum absolute atomic E-state index is 0.140. The average molecular weight is 346 g/mol. The molecule has 1 fully saturated rings. The maximum atomic E-state index is 14.1. The first-order chi connectivity index (χ1) is 9.54. The van der Waals surface area contributed by atoms with Crippen molar-refractivity contribution in [2.75, 3.05) is 6.54 Å². The molecule has 1 N–H and O–H groups in total. The third-order valence-electron chi connectivity index (χ3n) is 4.22. The largest absolute Gasteiger partial charge is 0.313 e. The summed E-state index contributed by atoms with van der Waals surface area (Å²) in [4.78, 5) is 0. The molecule has 0 aromatic heterocycles. The molecule has 20 heavy (non-hydrogen) atoms. The molecule has 0 aliphatic heterocycles. The predicted octanol–water partition coefficient (Wildman–Crippen LogP) is 4.68. The monoisotopic (exact) mass is 345 g/mol. The predicted molar refractivity (Wildman–Crippen MR) is 81.7 cm³/mol. The van der Waals surface area contributed by atoms with Crippen LogP contribution in [0.4, 0.5) is 8.78 Å². The van der Waals surface area contributed by atoms with E-state index >= 15 is 0 Å². The molecule has 1 aliphatic rings. The second kappa shape index (κ2) is 6.99. The molecule has 0 saturated heterocycles. The molecule has 1 nitrogen and oxygen atoms in total. The zero-order valence-electron chi connectivity index (χ0n) is 12.1. The van der Waals surface area contributed by atoms with Crippen molar-refractivity contribution in [1.82, 2.24) is 5.32 Å². The fraction of sp³-hybridized carbons (Fsp3) is 0.625. The number of rotatable bonds is 7. The van der Waals surface area contributed by atoms with Gasteiger partial charge in [0.25, 0.3) is 0 Å². The Morgan fingerprint density at radius 1 is 1.35 bits per heavy atom. The molecular formula is C16H22BrF2N. The van der Waals surface area contributed by atoms with Gasteiger partial charge in [0.05, 0.1) is 4.47 Å². The van der Waals surface area contributed by atoms with E-state index in [0.29, 0.717) is 22.7 Å². The van der Waals surface area contributed by atoms with Crippen LogP contribution in [0.2, 0.25) is 0 Å². The normalized spacial score (nSPS) is 18.1. The second-order valence-electron chi connectivity index (χ2n) is 5.78. The van der Waals surface area contributed by atoms with E-state index in [2.05, 4.69) is 35.1 Å².